The van der Waals surface area contributed by atoms with E-state index in [1.165, 1.54) is 0 Å². The number of Topliss-reactive ketones (excluding diaryl/α,β-unsaturated/α-hetero) is 1. The summed E-state index contributed by atoms with van der Waals surface area (Å²) in [6, 6.07) is 7.72. The molecule has 1 aliphatic rings. The summed E-state index contributed by atoms with van der Waals surface area (Å²) in [5.41, 5.74) is 6.39. The van der Waals surface area contributed by atoms with Crippen LogP contribution >= 0.6 is 0 Å². The molecular formula is C17H24N2O3. The molecule has 2 rings (SSSR count). The molecule has 1 aromatic rings. The zero-order chi connectivity index (χ0) is 16.3. The largest absolute Gasteiger partial charge is 0.468 e. The summed E-state index contributed by atoms with van der Waals surface area (Å²) in [6.07, 6.45) is -0.550. The van der Waals surface area contributed by atoms with Crippen molar-refractivity contribution in [2.24, 2.45) is 10.7 Å². The van der Waals surface area contributed by atoms with Gasteiger partial charge in [-0.1, -0.05) is 38.1 Å². The van der Waals surface area contributed by atoms with Gasteiger partial charge >= 0.3 is 0 Å². The topological polar surface area (TPSA) is 84.9 Å². The Labute approximate surface area is 131 Å². The van der Waals surface area contributed by atoms with Crippen molar-refractivity contribution in [2.75, 3.05) is 6.54 Å². The fourth-order valence-electron chi connectivity index (χ4n) is 2.93. The SMILES string of the molecule is CCC1OC(C(O)CN)=NC(CC)(c2ccccc2C)C1=O. The minimum atomic E-state index is -1.00. The second-order valence-electron chi connectivity index (χ2n) is 5.61. The zero-order valence-corrected chi connectivity index (χ0v) is 13.4. The van der Waals surface area contributed by atoms with E-state index in [9.17, 15) is 9.90 Å². The van der Waals surface area contributed by atoms with Crippen LogP contribution in [-0.2, 0) is 15.1 Å². The van der Waals surface area contributed by atoms with Crippen molar-refractivity contribution >= 4 is 11.7 Å². The maximum Gasteiger partial charge on any atom is 0.216 e. The van der Waals surface area contributed by atoms with Gasteiger partial charge in [0.05, 0.1) is 0 Å². The van der Waals surface area contributed by atoms with E-state index in [0.717, 1.165) is 11.1 Å². The minimum absolute atomic E-state index is 0.0109. The Bertz CT molecular complexity index is 585. The van der Waals surface area contributed by atoms with E-state index < -0.39 is 17.7 Å². The molecule has 0 aromatic heterocycles. The van der Waals surface area contributed by atoms with Crippen molar-refractivity contribution in [1.82, 2.24) is 0 Å². The number of carbonyl (C=O) groups is 1. The lowest BCUT2D eigenvalue weighted by atomic mass is 9.78. The average Bonchev–Trinajstić information content (AvgIpc) is 2.55. The van der Waals surface area contributed by atoms with Crippen LogP contribution in [-0.4, -0.2) is 35.5 Å². The molecule has 3 atom stereocenters. The number of nitrogens with zero attached hydrogens (tertiary/aromatic N) is 1. The van der Waals surface area contributed by atoms with E-state index >= 15 is 0 Å². The number of hydrogen-bond donors (Lipinski definition) is 2. The number of benzene rings is 1. The van der Waals surface area contributed by atoms with Gasteiger partial charge in [0.25, 0.3) is 0 Å². The molecule has 1 aromatic carbocycles. The monoisotopic (exact) mass is 304 g/mol. The van der Waals surface area contributed by atoms with E-state index in [-0.39, 0.29) is 18.2 Å². The second-order valence-corrected chi connectivity index (χ2v) is 5.61. The summed E-state index contributed by atoms with van der Waals surface area (Å²) >= 11 is 0. The normalized spacial score (nSPS) is 26.3. The van der Waals surface area contributed by atoms with Crippen molar-refractivity contribution in [3.05, 3.63) is 35.4 Å². The maximum atomic E-state index is 13.0. The lowest BCUT2D eigenvalue weighted by Crippen LogP contribution is -2.51. The number of rotatable bonds is 5. The van der Waals surface area contributed by atoms with Crippen LogP contribution in [0.2, 0.25) is 0 Å². The molecule has 1 aliphatic heterocycles. The van der Waals surface area contributed by atoms with Crippen LogP contribution in [0, 0.1) is 6.92 Å². The van der Waals surface area contributed by atoms with Crippen LogP contribution in [0.1, 0.15) is 37.8 Å². The molecule has 3 N–H and O–H groups in total. The van der Waals surface area contributed by atoms with Crippen LogP contribution in [0.5, 0.6) is 0 Å². The molecular weight excluding hydrogens is 280 g/mol. The number of aryl methyl sites for hydroxylation is 1. The number of hydrogen-bond acceptors (Lipinski definition) is 5. The van der Waals surface area contributed by atoms with Crippen molar-refractivity contribution in [1.29, 1.82) is 0 Å². The maximum absolute atomic E-state index is 13.0. The van der Waals surface area contributed by atoms with Gasteiger partial charge in [-0.15, -0.1) is 0 Å². The van der Waals surface area contributed by atoms with Gasteiger partial charge < -0.3 is 15.6 Å². The highest BCUT2D eigenvalue weighted by molar-refractivity contribution is 6.00. The van der Waals surface area contributed by atoms with E-state index in [1.807, 2.05) is 45.0 Å². The molecule has 0 bridgehead atoms. The predicted octanol–water partition coefficient (Wildman–Crippen LogP) is 1.70. The van der Waals surface area contributed by atoms with Crippen molar-refractivity contribution < 1.29 is 14.6 Å². The number of ketones is 1. The van der Waals surface area contributed by atoms with E-state index in [0.29, 0.717) is 12.8 Å². The lowest BCUT2D eigenvalue weighted by Gasteiger charge is -2.38. The van der Waals surface area contributed by atoms with Crippen molar-refractivity contribution in [3.8, 4) is 0 Å². The van der Waals surface area contributed by atoms with Crippen LogP contribution in [0.15, 0.2) is 29.3 Å². The summed E-state index contributed by atoms with van der Waals surface area (Å²) < 4.78 is 5.59. The standard InChI is InChI=1S/C17H24N2O3/c1-4-14-15(21)17(5-2,12-9-7-6-8-11(12)3)19-16(22-14)13(20)10-18/h6-9,13-14,20H,4-5,10,18H2,1-3H3. The third-order valence-electron chi connectivity index (χ3n) is 4.25. The quantitative estimate of drug-likeness (QED) is 0.867. The van der Waals surface area contributed by atoms with E-state index in [4.69, 9.17) is 10.5 Å². The number of aliphatic imine (C=N–C) groups is 1. The van der Waals surface area contributed by atoms with Gasteiger partial charge in [-0.2, -0.15) is 0 Å². The Morgan fingerprint density at radius 3 is 2.64 bits per heavy atom. The number of carbonyl (C=O) groups excluding carboxylic acids is 1. The molecule has 22 heavy (non-hydrogen) atoms. The Kier molecular flexibility index (Phi) is 4.98. The van der Waals surface area contributed by atoms with Crippen molar-refractivity contribution in [3.63, 3.8) is 0 Å². The second kappa shape index (κ2) is 6.58. The Morgan fingerprint density at radius 2 is 2.09 bits per heavy atom. The molecule has 0 saturated carbocycles. The van der Waals surface area contributed by atoms with Gasteiger partial charge in [-0.05, 0) is 30.9 Å². The summed E-state index contributed by atoms with van der Waals surface area (Å²) in [6.45, 7) is 5.79. The number of aliphatic hydroxyl groups is 1. The number of nitrogens with two attached hydrogens (primary N) is 1. The van der Waals surface area contributed by atoms with Gasteiger partial charge in [-0.3, -0.25) is 4.79 Å². The first kappa shape index (κ1) is 16.6. The van der Waals surface area contributed by atoms with Crippen LogP contribution in [0.4, 0.5) is 0 Å². The molecule has 0 radical (unpaired) electrons. The van der Waals surface area contributed by atoms with Gasteiger partial charge in [0.1, 0.15) is 6.10 Å². The fraction of sp³-hybridized carbons (Fsp3) is 0.529. The van der Waals surface area contributed by atoms with Crippen molar-refractivity contribution in [2.45, 2.75) is 51.4 Å². The highest BCUT2D eigenvalue weighted by Gasteiger charge is 2.47. The predicted molar refractivity (Wildman–Crippen MR) is 85.8 cm³/mol. The lowest BCUT2D eigenvalue weighted by molar-refractivity contribution is -0.134. The zero-order valence-electron chi connectivity index (χ0n) is 13.4. The molecule has 0 saturated heterocycles. The highest BCUT2D eigenvalue weighted by Crippen LogP contribution is 2.38. The highest BCUT2D eigenvalue weighted by atomic mass is 16.5. The molecule has 3 unspecified atom stereocenters. The average molecular weight is 304 g/mol. The molecule has 0 aliphatic carbocycles. The molecule has 5 heteroatoms. The molecule has 0 spiro atoms. The van der Waals surface area contributed by atoms with Gasteiger partial charge in [-0.25, -0.2) is 4.99 Å². The molecule has 0 amide bonds. The Morgan fingerprint density at radius 1 is 1.41 bits per heavy atom. The molecule has 1 heterocycles. The smallest absolute Gasteiger partial charge is 0.216 e. The summed E-state index contributed by atoms with van der Waals surface area (Å²) in [7, 11) is 0. The summed E-state index contributed by atoms with van der Waals surface area (Å²) in [5, 5.41) is 10.0. The first-order valence-corrected chi connectivity index (χ1v) is 7.75. The van der Waals surface area contributed by atoms with Gasteiger partial charge in [0, 0.05) is 6.54 Å². The van der Waals surface area contributed by atoms with Crippen LogP contribution < -0.4 is 5.73 Å². The third kappa shape index (κ3) is 2.66. The molecule has 0 fully saturated rings. The minimum Gasteiger partial charge on any atom is -0.468 e. The number of aliphatic hydroxyl groups excluding tert-OH is 1. The first-order valence-electron chi connectivity index (χ1n) is 7.75. The van der Waals surface area contributed by atoms with Crippen LogP contribution in [0.3, 0.4) is 0 Å². The first-order chi connectivity index (χ1) is 10.5. The molecule has 5 nitrogen and oxygen atoms in total. The van der Waals surface area contributed by atoms with Gasteiger partial charge in [0.15, 0.2) is 11.6 Å². The Balaban J connectivity index is 2.64. The number of ether oxygens (including phenoxy) is 1. The van der Waals surface area contributed by atoms with E-state index in [2.05, 4.69) is 4.99 Å². The summed E-state index contributed by atoms with van der Waals surface area (Å²) in [5.74, 6) is 0.110. The van der Waals surface area contributed by atoms with Gasteiger partial charge in [0.2, 0.25) is 11.7 Å². The third-order valence-corrected chi connectivity index (χ3v) is 4.25. The fourth-order valence-corrected chi connectivity index (χ4v) is 2.93. The Hall–Kier alpha value is -1.72. The molecule has 120 valence electrons. The van der Waals surface area contributed by atoms with Crippen LogP contribution in [0.25, 0.3) is 0 Å². The summed E-state index contributed by atoms with van der Waals surface area (Å²) in [4.78, 5) is 17.5. The van der Waals surface area contributed by atoms with E-state index in [1.54, 1.807) is 0 Å².